The van der Waals surface area contributed by atoms with Crippen LogP contribution in [0.3, 0.4) is 0 Å². The largest absolute Gasteiger partial charge is 0.357 e. The fourth-order valence-electron chi connectivity index (χ4n) is 2.53. The molecule has 2 rings (SSSR count). The van der Waals surface area contributed by atoms with E-state index in [1.54, 1.807) is 0 Å². The number of fused-ring (bicyclic) bond motifs is 1. The van der Waals surface area contributed by atoms with E-state index in [2.05, 4.69) is 47.0 Å². The number of hydrogen-bond donors (Lipinski definition) is 2. The van der Waals surface area contributed by atoms with Crippen LogP contribution in [0.4, 0.5) is 0 Å². The number of imidazole rings is 1. The van der Waals surface area contributed by atoms with Gasteiger partial charge in [0.05, 0.1) is 5.69 Å². The maximum atomic E-state index is 4.70. The maximum absolute atomic E-state index is 4.70. The normalized spacial score (nSPS) is 12.1. The molecule has 2 heterocycles. The van der Waals surface area contributed by atoms with E-state index in [9.17, 15) is 0 Å². The molecule has 0 aliphatic carbocycles. The first kappa shape index (κ1) is 17.3. The van der Waals surface area contributed by atoms with E-state index in [0.717, 1.165) is 43.4 Å². The standard InChI is InChI=1S/C18H29N5/c1-4-15(5-2)13-21-18(19-6-3)20-11-10-16-14-23-12-8-7-9-17(23)22-16/h7-9,12,14-15H,4-6,10-11,13H2,1-3H3,(H2,19,20,21). The first-order chi connectivity index (χ1) is 11.3. The summed E-state index contributed by atoms with van der Waals surface area (Å²) in [7, 11) is 0. The molecule has 23 heavy (non-hydrogen) atoms. The molecule has 2 N–H and O–H groups in total. The third-order valence-corrected chi connectivity index (χ3v) is 4.09. The second kappa shape index (κ2) is 9.18. The van der Waals surface area contributed by atoms with E-state index in [4.69, 9.17) is 4.99 Å². The van der Waals surface area contributed by atoms with E-state index < -0.39 is 0 Å². The second-order valence-corrected chi connectivity index (χ2v) is 5.78. The first-order valence-electron chi connectivity index (χ1n) is 8.71. The fraction of sp³-hybridized carbons (Fsp3) is 0.556. The van der Waals surface area contributed by atoms with Gasteiger partial charge in [0.2, 0.25) is 0 Å². The predicted octanol–water partition coefficient (Wildman–Crippen LogP) is 2.87. The van der Waals surface area contributed by atoms with Crippen LogP contribution in [0.2, 0.25) is 0 Å². The van der Waals surface area contributed by atoms with Crippen molar-refractivity contribution in [3.05, 3.63) is 36.3 Å². The summed E-state index contributed by atoms with van der Waals surface area (Å²) in [5, 5.41) is 6.72. The van der Waals surface area contributed by atoms with Gasteiger partial charge in [0.1, 0.15) is 5.65 Å². The van der Waals surface area contributed by atoms with Gasteiger partial charge in [0, 0.05) is 38.4 Å². The fourth-order valence-corrected chi connectivity index (χ4v) is 2.53. The molecule has 5 heteroatoms. The van der Waals surface area contributed by atoms with Gasteiger partial charge in [-0.2, -0.15) is 0 Å². The summed E-state index contributed by atoms with van der Waals surface area (Å²) >= 11 is 0. The molecule has 0 bridgehead atoms. The Balaban J connectivity index is 1.86. The Morgan fingerprint density at radius 1 is 1.22 bits per heavy atom. The summed E-state index contributed by atoms with van der Waals surface area (Å²) in [5.74, 6) is 1.58. The molecule has 0 amide bonds. The lowest BCUT2D eigenvalue weighted by Crippen LogP contribution is -2.38. The van der Waals surface area contributed by atoms with Crippen molar-refractivity contribution in [1.82, 2.24) is 20.0 Å². The van der Waals surface area contributed by atoms with Crippen LogP contribution < -0.4 is 10.6 Å². The minimum absolute atomic E-state index is 0.670. The molecular weight excluding hydrogens is 286 g/mol. The van der Waals surface area contributed by atoms with Crippen molar-refractivity contribution in [3.63, 3.8) is 0 Å². The summed E-state index contributed by atoms with van der Waals surface area (Å²) in [6, 6.07) is 6.06. The lowest BCUT2D eigenvalue weighted by atomic mass is 10.0. The molecule has 0 aliphatic rings. The van der Waals surface area contributed by atoms with Gasteiger partial charge in [0.25, 0.3) is 0 Å². The van der Waals surface area contributed by atoms with Crippen molar-refractivity contribution in [2.75, 3.05) is 19.6 Å². The van der Waals surface area contributed by atoms with Crippen molar-refractivity contribution in [3.8, 4) is 0 Å². The Morgan fingerprint density at radius 3 is 2.74 bits per heavy atom. The highest BCUT2D eigenvalue weighted by atomic mass is 15.2. The van der Waals surface area contributed by atoms with Crippen LogP contribution in [0.15, 0.2) is 35.6 Å². The summed E-state index contributed by atoms with van der Waals surface area (Å²) in [6.07, 6.45) is 7.37. The average molecular weight is 315 g/mol. The van der Waals surface area contributed by atoms with E-state index in [0.29, 0.717) is 5.92 Å². The molecule has 0 saturated heterocycles. The van der Waals surface area contributed by atoms with Crippen LogP contribution in [0.5, 0.6) is 0 Å². The molecule has 2 aromatic rings. The smallest absolute Gasteiger partial charge is 0.191 e. The van der Waals surface area contributed by atoms with Crippen LogP contribution >= 0.6 is 0 Å². The summed E-state index contributed by atoms with van der Waals surface area (Å²) in [6.45, 7) is 9.15. The summed E-state index contributed by atoms with van der Waals surface area (Å²) in [4.78, 5) is 9.32. The molecular formula is C18H29N5. The number of nitrogens with zero attached hydrogens (tertiary/aromatic N) is 3. The Bertz CT molecular complexity index is 580. The zero-order valence-corrected chi connectivity index (χ0v) is 14.5. The third kappa shape index (κ3) is 5.27. The van der Waals surface area contributed by atoms with Crippen molar-refractivity contribution in [1.29, 1.82) is 0 Å². The van der Waals surface area contributed by atoms with Crippen molar-refractivity contribution >= 4 is 11.6 Å². The van der Waals surface area contributed by atoms with E-state index in [1.807, 2.05) is 24.4 Å². The van der Waals surface area contributed by atoms with E-state index in [-0.39, 0.29) is 0 Å². The predicted molar refractivity (Wildman–Crippen MR) is 96.9 cm³/mol. The first-order valence-corrected chi connectivity index (χ1v) is 8.71. The number of guanidine groups is 1. The van der Waals surface area contributed by atoms with Crippen LogP contribution in [0, 0.1) is 5.92 Å². The highest BCUT2D eigenvalue weighted by molar-refractivity contribution is 5.79. The molecule has 5 nitrogen and oxygen atoms in total. The lowest BCUT2D eigenvalue weighted by Gasteiger charge is -2.13. The highest BCUT2D eigenvalue weighted by Crippen LogP contribution is 2.07. The number of aliphatic imine (C=N–C) groups is 1. The Kier molecular flexibility index (Phi) is 6.91. The van der Waals surface area contributed by atoms with Gasteiger partial charge in [-0.05, 0) is 25.0 Å². The molecule has 0 fully saturated rings. The molecule has 2 aromatic heterocycles. The van der Waals surface area contributed by atoms with Gasteiger partial charge in [-0.15, -0.1) is 0 Å². The molecule has 0 aromatic carbocycles. The molecule has 0 radical (unpaired) electrons. The number of aromatic nitrogens is 2. The number of rotatable bonds is 8. The monoisotopic (exact) mass is 315 g/mol. The Morgan fingerprint density at radius 2 is 2.04 bits per heavy atom. The summed E-state index contributed by atoms with van der Waals surface area (Å²) < 4.78 is 2.06. The lowest BCUT2D eigenvalue weighted by molar-refractivity contribution is 0.504. The maximum Gasteiger partial charge on any atom is 0.191 e. The number of hydrogen-bond acceptors (Lipinski definition) is 2. The van der Waals surface area contributed by atoms with Crippen molar-refractivity contribution < 1.29 is 0 Å². The van der Waals surface area contributed by atoms with Gasteiger partial charge < -0.3 is 15.0 Å². The quantitative estimate of drug-likeness (QED) is 0.582. The zero-order chi connectivity index (χ0) is 16.5. The van der Waals surface area contributed by atoms with Gasteiger partial charge in [0.15, 0.2) is 5.96 Å². The van der Waals surface area contributed by atoms with Gasteiger partial charge in [-0.1, -0.05) is 32.8 Å². The third-order valence-electron chi connectivity index (χ3n) is 4.09. The van der Waals surface area contributed by atoms with Gasteiger partial charge >= 0.3 is 0 Å². The Labute approximate surface area is 139 Å². The summed E-state index contributed by atoms with van der Waals surface area (Å²) in [5.41, 5.74) is 2.09. The second-order valence-electron chi connectivity index (χ2n) is 5.78. The van der Waals surface area contributed by atoms with Crippen LogP contribution in [-0.4, -0.2) is 35.0 Å². The van der Waals surface area contributed by atoms with Crippen LogP contribution in [0.1, 0.15) is 39.3 Å². The Hall–Kier alpha value is -2.04. The van der Waals surface area contributed by atoms with Crippen LogP contribution in [-0.2, 0) is 6.42 Å². The van der Waals surface area contributed by atoms with Crippen LogP contribution in [0.25, 0.3) is 5.65 Å². The molecule has 0 unspecified atom stereocenters. The molecule has 0 atom stereocenters. The topological polar surface area (TPSA) is 53.7 Å². The van der Waals surface area contributed by atoms with Crippen molar-refractivity contribution in [2.24, 2.45) is 10.9 Å². The molecule has 0 saturated carbocycles. The molecule has 0 aliphatic heterocycles. The van der Waals surface area contributed by atoms with Crippen molar-refractivity contribution in [2.45, 2.75) is 40.0 Å². The van der Waals surface area contributed by atoms with E-state index >= 15 is 0 Å². The SMILES string of the molecule is CCNC(=NCC(CC)CC)NCCc1cn2ccccc2n1. The number of pyridine rings is 1. The average Bonchev–Trinajstić information content (AvgIpc) is 2.98. The van der Waals surface area contributed by atoms with E-state index in [1.165, 1.54) is 12.8 Å². The minimum atomic E-state index is 0.670. The molecule has 0 spiro atoms. The minimum Gasteiger partial charge on any atom is -0.357 e. The number of nitrogens with one attached hydrogen (secondary N) is 2. The zero-order valence-electron chi connectivity index (χ0n) is 14.5. The van der Waals surface area contributed by atoms with Gasteiger partial charge in [-0.3, -0.25) is 4.99 Å². The molecule has 126 valence electrons. The van der Waals surface area contributed by atoms with Gasteiger partial charge in [-0.25, -0.2) is 4.98 Å². The highest BCUT2D eigenvalue weighted by Gasteiger charge is 2.04.